The first-order valence-corrected chi connectivity index (χ1v) is 6.89. The lowest BCUT2D eigenvalue weighted by molar-refractivity contribution is 0.627. The fourth-order valence-electron chi connectivity index (χ4n) is 1.45. The number of hydrogen-bond acceptors (Lipinski definition) is 1. The van der Waals surface area contributed by atoms with Crippen LogP contribution < -0.4 is 0 Å². The van der Waals surface area contributed by atoms with Gasteiger partial charge in [0.05, 0.1) is 5.38 Å². The van der Waals surface area contributed by atoms with Crippen LogP contribution in [0, 0.1) is 5.82 Å². The molecule has 0 radical (unpaired) electrons. The van der Waals surface area contributed by atoms with Crippen LogP contribution >= 0.6 is 38.9 Å². The Balaban J connectivity index is 2.10. The van der Waals surface area contributed by atoms with Crippen LogP contribution in [-0.2, 0) is 6.42 Å². The summed E-state index contributed by atoms with van der Waals surface area (Å²) in [6.07, 6.45) is 0.709. The van der Waals surface area contributed by atoms with Crippen LogP contribution in [0.15, 0.2) is 40.2 Å². The molecule has 0 spiro atoms. The van der Waals surface area contributed by atoms with Gasteiger partial charge in [0.1, 0.15) is 5.82 Å². The third kappa shape index (κ3) is 2.84. The summed E-state index contributed by atoms with van der Waals surface area (Å²) in [5.74, 6) is -0.216. The van der Waals surface area contributed by atoms with Gasteiger partial charge in [0, 0.05) is 9.35 Å². The van der Waals surface area contributed by atoms with Crippen LogP contribution in [0.25, 0.3) is 0 Å². The molecule has 0 N–H and O–H groups in total. The van der Waals surface area contributed by atoms with Gasteiger partial charge in [-0.15, -0.1) is 22.9 Å². The predicted octanol–water partition coefficient (Wildman–Crippen LogP) is 5.17. The van der Waals surface area contributed by atoms with Gasteiger partial charge in [-0.3, -0.25) is 0 Å². The molecule has 0 fully saturated rings. The Bertz CT molecular complexity index is 466. The first kappa shape index (κ1) is 12.1. The van der Waals surface area contributed by atoms with E-state index in [1.165, 1.54) is 12.1 Å². The largest absolute Gasteiger partial charge is 0.207 e. The van der Waals surface area contributed by atoms with E-state index in [1.54, 1.807) is 23.5 Å². The number of thiophene rings is 1. The zero-order valence-corrected chi connectivity index (χ0v) is 11.4. The fourth-order valence-corrected chi connectivity index (χ4v) is 3.66. The van der Waals surface area contributed by atoms with Crippen LogP contribution in [-0.4, -0.2) is 0 Å². The van der Waals surface area contributed by atoms with Crippen molar-refractivity contribution in [3.63, 3.8) is 0 Å². The summed E-state index contributed by atoms with van der Waals surface area (Å²) in [5.41, 5.74) is 1.04. The third-order valence-corrected chi connectivity index (χ3v) is 4.74. The van der Waals surface area contributed by atoms with E-state index in [0.29, 0.717) is 6.42 Å². The molecule has 2 aromatic rings. The minimum atomic E-state index is -0.216. The standard InChI is InChI=1S/C12H9BrClFS/c13-10-5-6-16-12(10)11(14)7-8-1-3-9(15)4-2-8/h1-6,11H,7H2. The van der Waals surface area contributed by atoms with Gasteiger partial charge in [0.15, 0.2) is 0 Å². The molecule has 0 aliphatic heterocycles. The number of halogens is 3. The maximum absolute atomic E-state index is 12.7. The summed E-state index contributed by atoms with van der Waals surface area (Å²) in [4.78, 5) is 1.12. The average molecular weight is 320 g/mol. The monoisotopic (exact) mass is 318 g/mol. The number of hydrogen-bond donors (Lipinski definition) is 0. The molecule has 1 atom stereocenters. The Morgan fingerprint density at radius 2 is 1.94 bits per heavy atom. The molecule has 1 aromatic heterocycles. The van der Waals surface area contributed by atoms with Crippen molar-refractivity contribution in [2.75, 3.05) is 0 Å². The maximum atomic E-state index is 12.7. The van der Waals surface area contributed by atoms with Gasteiger partial charge in [0.25, 0.3) is 0 Å². The van der Waals surface area contributed by atoms with Crippen LogP contribution in [0.4, 0.5) is 4.39 Å². The number of rotatable bonds is 3. The van der Waals surface area contributed by atoms with Gasteiger partial charge >= 0.3 is 0 Å². The third-order valence-electron chi connectivity index (χ3n) is 2.26. The molecule has 2 rings (SSSR count). The van der Waals surface area contributed by atoms with Crippen LogP contribution in [0.1, 0.15) is 15.8 Å². The summed E-state index contributed by atoms with van der Waals surface area (Å²) in [6, 6.07) is 8.45. The second-order valence-corrected chi connectivity index (χ2v) is 5.76. The SMILES string of the molecule is Fc1ccc(CC(Cl)c2sccc2Br)cc1. The minimum absolute atomic E-state index is 0.0696. The normalized spacial score (nSPS) is 12.7. The first-order valence-electron chi connectivity index (χ1n) is 4.78. The van der Waals surface area contributed by atoms with E-state index in [-0.39, 0.29) is 11.2 Å². The molecule has 4 heteroatoms. The zero-order valence-electron chi connectivity index (χ0n) is 8.29. The van der Waals surface area contributed by atoms with E-state index in [1.807, 2.05) is 11.4 Å². The van der Waals surface area contributed by atoms with E-state index in [9.17, 15) is 4.39 Å². The lowest BCUT2D eigenvalue weighted by Crippen LogP contribution is -1.94. The molecule has 1 unspecified atom stereocenters. The summed E-state index contributed by atoms with van der Waals surface area (Å²) >= 11 is 11.4. The molecule has 1 heterocycles. The first-order chi connectivity index (χ1) is 7.66. The molecule has 0 amide bonds. The van der Waals surface area contributed by atoms with Gasteiger partial charge in [-0.25, -0.2) is 4.39 Å². The Morgan fingerprint density at radius 1 is 1.25 bits per heavy atom. The highest BCUT2D eigenvalue weighted by molar-refractivity contribution is 9.10. The van der Waals surface area contributed by atoms with Crippen molar-refractivity contribution in [3.8, 4) is 0 Å². The highest BCUT2D eigenvalue weighted by atomic mass is 79.9. The quantitative estimate of drug-likeness (QED) is 0.684. The summed E-state index contributed by atoms with van der Waals surface area (Å²) in [5, 5.41) is 1.93. The minimum Gasteiger partial charge on any atom is -0.207 e. The van der Waals surface area contributed by atoms with Crippen molar-refractivity contribution >= 4 is 38.9 Å². The summed E-state index contributed by atoms with van der Waals surface area (Å²) in [7, 11) is 0. The highest BCUT2D eigenvalue weighted by Gasteiger charge is 2.13. The van der Waals surface area contributed by atoms with Crippen LogP contribution in [0.5, 0.6) is 0 Å². The van der Waals surface area contributed by atoms with Gasteiger partial charge < -0.3 is 0 Å². The van der Waals surface area contributed by atoms with Gasteiger partial charge in [-0.05, 0) is 51.5 Å². The fraction of sp³-hybridized carbons (Fsp3) is 0.167. The predicted molar refractivity (Wildman–Crippen MR) is 70.7 cm³/mol. The van der Waals surface area contributed by atoms with E-state index in [2.05, 4.69) is 15.9 Å². The molecule has 0 saturated heterocycles. The van der Waals surface area contributed by atoms with Crippen LogP contribution in [0.2, 0.25) is 0 Å². The second kappa shape index (κ2) is 5.30. The Hall–Kier alpha value is -0.380. The molecule has 84 valence electrons. The van der Waals surface area contributed by atoms with Crippen molar-refractivity contribution in [1.82, 2.24) is 0 Å². The molecule has 1 aromatic carbocycles. The lowest BCUT2D eigenvalue weighted by Gasteiger charge is -2.08. The topological polar surface area (TPSA) is 0 Å². The van der Waals surface area contributed by atoms with Gasteiger partial charge in [-0.2, -0.15) is 0 Å². The van der Waals surface area contributed by atoms with Crippen LogP contribution in [0.3, 0.4) is 0 Å². The van der Waals surface area contributed by atoms with Gasteiger partial charge in [-0.1, -0.05) is 12.1 Å². The smallest absolute Gasteiger partial charge is 0.123 e. The van der Waals surface area contributed by atoms with Crippen molar-refractivity contribution in [1.29, 1.82) is 0 Å². The van der Waals surface area contributed by atoms with E-state index in [0.717, 1.165) is 14.9 Å². The Morgan fingerprint density at radius 3 is 2.50 bits per heavy atom. The summed E-state index contributed by atoms with van der Waals surface area (Å²) in [6.45, 7) is 0. The molecule has 0 aliphatic carbocycles. The maximum Gasteiger partial charge on any atom is 0.123 e. The number of alkyl halides is 1. The summed E-state index contributed by atoms with van der Waals surface area (Å²) < 4.78 is 13.8. The second-order valence-electron chi connectivity index (χ2n) is 3.43. The van der Waals surface area contributed by atoms with Crippen molar-refractivity contribution < 1.29 is 4.39 Å². The lowest BCUT2D eigenvalue weighted by atomic mass is 10.1. The molecule has 0 saturated carbocycles. The van der Waals surface area contributed by atoms with Crippen molar-refractivity contribution in [2.45, 2.75) is 11.8 Å². The Kier molecular flexibility index (Phi) is 4.00. The van der Waals surface area contributed by atoms with Crippen molar-refractivity contribution in [3.05, 3.63) is 56.4 Å². The number of benzene rings is 1. The molecule has 16 heavy (non-hydrogen) atoms. The molecule has 0 bridgehead atoms. The molecular weight excluding hydrogens is 311 g/mol. The molecule has 0 aliphatic rings. The molecule has 0 nitrogen and oxygen atoms in total. The zero-order chi connectivity index (χ0) is 11.5. The molecular formula is C12H9BrClFS. The van der Waals surface area contributed by atoms with E-state index in [4.69, 9.17) is 11.6 Å². The van der Waals surface area contributed by atoms with Crippen molar-refractivity contribution in [2.24, 2.45) is 0 Å². The van der Waals surface area contributed by atoms with E-state index < -0.39 is 0 Å². The van der Waals surface area contributed by atoms with E-state index >= 15 is 0 Å². The highest BCUT2D eigenvalue weighted by Crippen LogP contribution is 2.35. The Labute approximate surface area is 111 Å². The van der Waals surface area contributed by atoms with Gasteiger partial charge in [0.2, 0.25) is 0 Å². The average Bonchev–Trinajstić information content (AvgIpc) is 2.68.